The molecular weight excluding hydrogens is 276 g/mol. The number of nitrogens with two attached hydrogens (primary N) is 1. The van der Waals surface area contributed by atoms with Crippen molar-refractivity contribution in [1.82, 2.24) is 9.78 Å². The molecule has 0 saturated carbocycles. The molecule has 0 bridgehead atoms. The summed E-state index contributed by atoms with van der Waals surface area (Å²) in [5.41, 5.74) is 6.99. The van der Waals surface area contributed by atoms with E-state index in [1.54, 1.807) is 26.1 Å². The number of aryl methyl sites for hydroxylation is 2. The first-order valence-corrected chi connectivity index (χ1v) is 6.32. The van der Waals surface area contributed by atoms with E-state index in [2.05, 4.69) is 5.10 Å². The average molecular weight is 289 g/mol. The summed E-state index contributed by atoms with van der Waals surface area (Å²) in [4.78, 5) is 0. The van der Waals surface area contributed by atoms with Gasteiger partial charge in [-0.05, 0) is 31.2 Å². The Hall–Kier alpha value is -2.63. The summed E-state index contributed by atoms with van der Waals surface area (Å²) >= 11 is 0. The highest BCUT2D eigenvalue weighted by Gasteiger charge is 2.22. The molecule has 0 aliphatic rings. The lowest BCUT2D eigenvalue weighted by molar-refractivity contribution is 0.545. The number of rotatable bonds is 2. The van der Waals surface area contributed by atoms with Crippen LogP contribution in [0.5, 0.6) is 0 Å². The molecule has 0 fully saturated rings. The monoisotopic (exact) mass is 289 g/mol. The number of nitrogen functional groups attached to an aromatic ring is 1. The number of hydrogen-bond donors (Lipinski definition) is 1. The van der Waals surface area contributed by atoms with Crippen LogP contribution in [0.25, 0.3) is 22.6 Å². The number of anilines is 1. The molecule has 3 aromatic rings. The third kappa shape index (κ3) is 2.18. The predicted octanol–water partition coefficient (Wildman–Crippen LogP) is 3.52. The van der Waals surface area contributed by atoms with E-state index >= 15 is 0 Å². The van der Waals surface area contributed by atoms with E-state index in [9.17, 15) is 8.78 Å². The molecule has 0 radical (unpaired) electrons. The highest BCUT2D eigenvalue weighted by atomic mass is 19.1. The van der Waals surface area contributed by atoms with Gasteiger partial charge in [-0.1, -0.05) is 0 Å². The van der Waals surface area contributed by atoms with E-state index < -0.39 is 11.6 Å². The molecule has 2 heterocycles. The van der Waals surface area contributed by atoms with Crippen molar-refractivity contribution in [2.45, 2.75) is 6.92 Å². The number of furan rings is 1. The molecule has 0 atom stereocenters. The fourth-order valence-electron chi connectivity index (χ4n) is 2.23. The Morgan fingerprint density at radius 2 is 1.95 bits per heavy atom. The molecule has 0 aliphatic heterocycles. The number of hydrogen-bond acceptors (Lipinski definition) is 3. The van der Waals surface area contributed by atoms with Gasteiger partial charge in [-0.2, -0.15) is 5.10 Å². The number of benzene rings is 1. The summed E-state index contributed by atoms with van der Waals surface area (Å²) in [6.07, 6.45) is 0. The maximum absolute atomic E-state index is 14.1. The Morgan fingerprint density at radius 3 is 2.57 bits per heavy atom. The van der Waals surface area contributed by atoms with E-state index in [1.165, 1.54) is 16.8 Å². The summed E-state index contributed by atoms with van der Waals surface area (Å²) < 4.78 is 34.1. The third-order valence-corrected chi connectivity index (χ3v) is 3.27. The number of nitrogens with zero attached hydrogens (tertiary/aromatic N) is 2. The van der Waals surface area contributed by atoms with E-state index in [4.69, 9.17) is 10.2 Å². The van der Waals surface area contributed by atoms with Gasteiger partial charge in [0.15, 0.2) is 5.76 Å². The van der Waals surface area contributed by atoms with Gasteiger partial charge >= 0.3 is 0 Å². The largest absolute Gasteiger partial charge is 0.460 e. The molecule has 0 aliphatic carbocycles. The van der Waals surface area contributed by atoms with Crippen molar-refractivity contribution < 1.29 is 13.2 Å². The van der Waals surface area contributed by atoms with Gasteiger partial charge < -0.3 is 10.2 Å². The van der Waals surface area contributed by atoms with Crippen molar-refractivity contribution in [3.05, 3.63) is 47.7 Å². The van der Waals surface area contributed by atoms with Crippen molar-refractivity contribution in [3.8, 4) is 22.6 Å². The maximum atomic E-state index is 14.1. The van der Waals surface area contributed by atoms with Gasteiger partial charge in [0.2, 0.25) is 0 Å². The average Bonchev–Trinajstić information content (AvgIpc) is 2.96. The normalized spacial score (nSPS) is 11.0. The van der Waals surface area contributed by atoms with Crippen LogP contribution in [0, 0.1) is 18.6 Å². The van der Waals surface area contributed by atoms with Crippen LogP contribution in [0.15, 0.2) is 34.7 Å². The number of halogens is 2. The van der Waals surface area contributed by atoms with Crippen molar-refractivity contribution in [2.75, 3.05) is 5.73 Å². The minimum atomic E-state index is -0.695. The molecule has 4 nitrogen and oxygen atoms in total. The standard InChI is InChI=1S/C15H13F2N3O/c1-8-3-6-12(21-8)14-13(15(18)20(2)19-14)10-5-4-9(16)7-11(10)17/h3-7H,18H2,1-2H3. The van der Waals surface area contributed by atoms with Gasteiger partial charge in [-0.3, -0.25) is 4.68 Å². The molecule has 0 unspecified atom stereocenters. The van der Waals surface area contributed by atoms with Crippen LogP contribution in [0.1, 0.15) is 5.76 Å². The molecule has 6 heteroatoms. The summed E-state index contributed by atoms with van der Waals surface area (Å²) in [5, 5.41) is 4.27. The molecule has 0 saturated heterocycles. The van der Waals surface area contributed by atoms with Crippen LogP contribution in [0.2, 0.25) is 0 Å². The Labute approximate surface area is 119 Å². The number of aromatic nitrogens is 2. The molecule has 2 aromatic heterocycles. The highest BCUT2D eigenvalue weighted by molar-refractivity contribution is 5.86. The maximum Gasteiger partial charge on any atom is 0.155 e. The first-order chi connectivity index (χ1) is 9.97. The second-order valence-electron chi connectivity index (χ2n) is 4.77. The zero-order valence-corrected chi connectivity index (χ0v) is 11.5. The van der Waals surface area contributed by atoms with Crippen LogP contribution in [0.3, 0.4) is 0 Å². The van der Waals surface area contributed by atoms with Gasteiger partial charge in [-0.15, -0.1) is 0 Å². The summed E-state index contributed by atoms with van der Waals surface area (Å²) in [6.45, 7) is 1.80. The Kier molecular flexibility index (Phi) is 3.01. The van der Waals surface area contributed by atoms with E-state index in [1.807, 2.05) is 0 Å². The van der Waals surface area contributed by atoms with Crippen LogP contribution in [-0.4, -0.2) is 9.78 Å². The summed E-state index contributed by atoms with van der Waals surface area (Å²) in [6, 6.07) is 6.87. The second kappa shape index (κ2) is 4.73. The lowest BCUT2D eigenvalue weighted by atomic mass is 10.0. The second-order valence-corrected chi connectivity index (χ2v) is 4.77. The van der Waals surface area contributed by atoms with Crippen molar-refractivity contribution in [1.29, 1.82) is 0 Å². The quantitative estimate of drug-likeness (QED) is 0.785. The fourth-order valence-corrected chi connectivity index (χ4v) is 2.23. The topological polar surface area (TPSA) is 57.0 Å². The third-order valence-electron chi connectivity index (χ3n) is 3.27. The van der Waals surface area contributed by atoms with Crippen LogP contribution in [0.4, 0.5) is 14.6 Å². The molecule has 1 aromatic carbocycles. The van der Waals surface area contributed by atoms with Crippen LogP contribution < -0.4 is 5.73 Å². The lowest BCUT2D eigenvalue weighted by Crippen LogP contribution is -1.98. The lowest BCUT2D eigenvalue weighted by Gasteiger charge is -2.04. The fraction of sp³-hybridized carbons (Fsp3) is 0.133. The van der Waals surface area contributed by atoms with Crippen LogP contribution >= 0.6 is 0 Å². The van der Waals surface area contributed by atoms with Crippen molar-refractivity contribution in [3.63, 3.8) is 0 Å². The predicted molar refractivity (Wildman–Crippen MR) is 75.4 cm³/mol. The van der Waals surface area contributed by atoms with Gasteiger partial charge in [0.05, 0.1) is 5.56 Å². The molecular formula is C15H13F2N3O. The highest BCUT2D eigenvalue weighted by Crippen LogP contribution is 2.37. The van der Waals surface area contributed by atoms with Crippen molar-refractivity contribution >= 4 is 5.82 Å². The molecule has 0 spiro atoms. The van der Waals surface area contributed by atoms with Gasteiger partial charge in [0.1, 0.15) is 28.9 Å². The molecule has 108 valence electrons. The Balaban J connectivity index is 2.26. The van der Waals surface area contributed by atoms with Gasteiger partial charge in [0.25, 0.3) is 0 Å². The minimum Gasteiger partial charge on any atom is -0.460 e. The Morgan fingerprint density at radius 1 is 1.19 bits per heavy atom. The molecule has 0 amide bonds. The zero-order valence-electron chi connectivity index (χ0n) is 11.5. The van der Waals surface area contributed by atoms with Crippen LogP contribution in [-0.2, 0) is 7.05 Å². The smallest absolute Gasteiger partial charge is 0.155 e. The summed E-state index contributed by atoms with van der Waals surface area (Å²) in [7, 11) is 1.65. The van der Waals surface area contributed by atoms with Gasteiger partial charge in [-0.25, -0.2) is 8.78 Å². The first kappa shape index (κ1) is 13.4. The minimum absolute atomic E-state index is 0.186. The first-order valence-electron chi connectivity index (χ1n) is 6.32. The Bertz CT molecular complexity index is 820. The SMILES string of the molecule is Cc1ccc(-c2nn(C)c(N)c2-c2ccc(F)cc2F)o1. The van der Waals surface area contributed by atoms with E-state index in [-0.39, 0.29) is 11.4 Å². The zero-order chi connectivity index (χ0) is 15.1. The molecule has 21 heavy (non-hydrogen) atoms. The molecule has 3 rings (SSSR count). The molecule has 2 N–H and O–H groups in total. The van der Waals surface area contributed by atoms with Crippen molar-refractivity contribution in [2.24, 2.45) is 7.05 Å². The van der Waals surface area contributed by atoms with E-state index in [0.29, 0.717) is 22.8 Å². The van der Waals surface area contributed by atoms with Gasteiger partial charge in [0, 0.05) is 18.7 Å². The summed E-state index contributed by atoms with van der Waals surface area (Å²) in [5.74, 6) is 0.135. The van der Waals surface area contributed by atoms with E-state index in [0.717, 1.165) is 6.07 Å².